The van der Waals surface area contributed by atoms with E-state index in [1.54, 1.807) is 20.1 Å². The molecule has 2 aliphatic rings. The number of hydrogen-bond donors (Lipinski definition) is 1. The van der Waals surface area contributed by atoms with Gasteiger partial charge in [-0.2, -0.15) is 0 Å². The molecule has 0 bridgehead atoms. The van der Waals surface area contributed by atoms with E-state index in [4.69, 9.17) is 14.2 Å². The second kappa shape index (κ2) is 7.66. The topological polar surface area (TPSA) is 73.9 Å². The molecular formula is C20H27NO5. The van der Waals surface area contributed by atoms with Gasteiger partial charge in [-0.25, -0.2) is 0 Å². The lowest BCUT2D eigenvalue weighted by Crippen LogP contribution is -2.42. The van der Waals surface area contributed by atoms with Crippen LogP contribution in [0.15, 0.2) is 12.1 Å². The van der Waals surface area contributed by atoms with Crippen molar-refractivity contribution < 1.29 is 23.8 Å². The molecule has 3 rings (SSSR count). The minimum absolute atomic E-state index is 0.148. The fourth-order valence-electron chi connectivity index (χ4n) is 4.20. The Kier molecular flexibility index (Phi) is 5.51. The fourth-order valence-corrected chi connectivity index (χ4v) is 4.20. The van der Waals surface area contributed by atoms with E-state index in [-0.39, 0.29) is 12.4 Å². The van der Waals surface area contributed by atoms with Crippen LogP contribution in [0.4, 0.5) is 0 Å². The van der Waals surface area contributed by atoms with Crippen LogP contribution in [-0.4, -0.2) is 45.7 Å². The average molecular weight is 361 g/mol. The van der Waals surface area contributed by atoms with Gasteiger partial charge in [0, 0.05) is 5.56 Å². The molecule has 1 aromatic rings. The number of hydrogen-bond acceptors (Lipinski definition) is 6. The maximum atomic E-state index is 13.4. The average Bonchev–Trinajstić information content (AvgIpc) is 2.94. The SMILES string of the molecule is CCOC(=O)C1(CC2CCNCC2)Cc2cc(OC)c(OC)cc2C1=O. The quantitative estimate of drug-likeness (QED) is 0.619. The molecule has 0 spiro atoms. The van der Waals surface area contributed by atoms with Crippen molar-refractivity contribution in [2.24, 2.45) is 11.3 Å². The highest BCUT2D eigenvalue weighted by Gasteiger charge is 2.53. The summed E-state index contributed by atoms with van der Waals surface area (Å²) in [7, 11) is 3.10. The molecule has 1 fully saturated rings. The number of fused-ring (bicyclic) bond motifs is 1. The van der Waals surface area contributed by atoms with Gasteiger partial charge in [0.1, 0.15) is 5.41 Å². The highest BCUT2D eigenvalue weighted by Crippen LogP contribution is 2.47. The first-order valence-corrected chi connectivity index (χ1v) is 9.23. The Labute approximate surface area is 154 Å². The molecule has 1 atom stereocenters. The number of rotatable bonds is 6. The summed E-state index contributed by atoms with van der Waals surface area (Å²) < 4.78 is 16.0. The normalized spacial score (nSPS) is 22.8. The lowest BCUT2D eigenvalue weighted by atomic mass is 9.73. The number of ketones is 1. The molecule has 1 N–H and O–H groups in total. The predicted octanol–water partition coefficient (Wildman–Crippen LogP) is 2.38. The van der Waals surface area contributed by atoms with Crippen molar-refractivity contribution in [1.82, 2.24) is 5.32 Å². The molecule has 0 amide bonds. The van der Waals surface area contributed by atoms with Crippen LogP contribution in [0.3, 0.4) is 0 Å². The lowest BCUT2D eigenvalue weighted by Gasteiger charge is -2.31. The molecular weight excluding hydrogens is 334 g/mol. The van der Waals surface area contributed by atoms with Crippen LogP contribution in [-0.2, 0) is 16.0 Å². The van der Waals surface area contributed by atoms with Gasteiger partial charge in [-0.3, -0.25) is 9.59 Å². The zero-order chi connectivity index (χ0) is 18.7. The number of methoxy groups -OCH3 is 2. The molecule has 1 aliphatic carbocycles. The molecule has 1 aliphatic heterocycles. The third kappa shape index (κ3) is 3.18. The largest absolute Gasteiger partial charge is 0.493 e. The van der Waals surface area contributed by atoms with Crippen molar-refractivity contribution >= 4 is 11.8 Å². The van der Waals surface area contributed by atoms with Crippen LogP contribution < -0.4 is 14.8 Å². The molecule has 1 heterocycles. The summed E-state index contributed by atoms with van der Waals surface area (Å²) in [6, 6.07) is 3.51. The highest BCUT2D eigenvalue weighted by atomic mass is 16.5. The Morgan fingerprint density at radius 3 is 2.46 bits per heavy atom. The molecule has 6 nitrogen and oxygen atoms in total. The molecule has 6 heteroatoms. The number of benzene rings is 1. The first-order valence-electron chi connectivity index (χ1n) is 9.23. The zero-order valence-electron chi connectivity index (χ0n) is 15.7. The number of carbonyl (C=O) groups is 2. The first kappa shape index (κ1) is 18.7. The molecule has 142 valence electrons. The molecule has 0 radical (unpaired) electrons. The Balaban J connectivity index is 1.98. The van der Waals surface area contributed by atoms with Gasteiger partial charge in [0.05, 0.1) is 20.8 Å². The molecule has 1 aromatic carbocycles. The molecule has 1 saturated heterocycles. The van der Waals surface area contributed by atoms with Crippen molar-refractivity contribution in [3.63, 3.8) is 0 Å². The summed E-state index contributed by atoms with van der Waals surface area (Å²) in [5.74, 6) is 0.854. The van der Waals surface area contributed by atoms with Crippen molar-refractivity contribution in [2.75, 3.05) is 33.9 Å². The predicted molar refractivity (Wildman–Crippen MR) is 96.9 cm³/mol. The zero-order valence-corrected chi connectivity index (χ0v) is 15.7. The molecule has 26 heavy (non-hydrogen) atoms. The monoisotopic (exact) mass is 361 g/mol. The summed E-state index contributed by atoms with van der Waals surface area (Å²) in [6.07, 6.45) is 2.84. The Morgan fingerprint density at radius 1 is 1.19 bits per heavy atom. The minimum Gasteiger partial charge on any atom is -0.493 e. The second-order valence-corrected chi connectivity index (χ2v) is 7.07. The minimum atomic E-state index is -1.13. The van der Waals surface area contributed by atoms with E-state index in [2.05, 4.69) is 5.32 Å². The second-order valence-electron chi connectivity index (χ2n) is 7.07. The summed E-state index contributed by atoms with van der Waals surface area (Å²) >= 11 is 0. The Morgan fingerprint density at radius 2 is 1.85 bits per heavy atom. The smallest absolute Gasteiger partial charge is 0.320 e. The first-order chi connectivity index (χ1) is 12.6. The van der Waals surface area contributed by atoms with Crippen molar-refractivity contribution in [3.8, 4) is 11.5 Å². The van der Waals surface area contributed by atoms with Gasteiger partial charge in [-0.1, -0.05) is 0 Å². The van der Waals surface area contributed by atoms with Gasteiger partial charge in [-0.15, -0.1) is 0 Å². The summed E-state index contributed by atoms with van der Waals surface area (Å²) in [5, 5.41) is 3.33. The number of esters is 1. The molecule has 0 aromatic heterocycles. The number of nitrogens with one attached hydrogen (secondary N) is 1. The van der Waals surface area contributed by atoms with E-state index in [1.807, 2.05) is 6.07 Å². The van der Waals surface area contributed by atoms with Crippen LogP contribution >= 0.6 is 0 Å². The Bertz CT molecular complexity index is 696. The van der Waals surface area contributed by atoms with Gasteiger partial charge < -0.3 is 19.5 Å². The number of piperidine rings is 1. The van der Waals surface area contributed by atoms with Gasteiger partial charge in [0.2, 0.25) is 0 Å². The van der Waals surface area contributed by atoms with Gasteiger partial charge in [0.25, 0.3) is 0 Å². The standard InChI is InChI=1S/C20H27NO5/c1-4-26-19(23)20(11-13-5-7-21-8-6-13)12-14-9-16(24-2)17(25-3)10-15(14)18(20)22/h9-10,13,21H,4-8,11-12H2,1-3H3. The van der Waals surface area contributed by atoms with E-state index < -0.39 is 11.4 Å². The fraction of sp³-hybridized carbons (Fsp3) is 0.600. The number of ether oxygens (including phenoxy) is 3. The third-order valence-electron chi connectivity index (χ3n) is 5.54. The van der Waals surface area contributed by atoms with E-state index in [9.17, 15) is 9.59 Å². The summed E-state index contributed by atoms with van der Waals surface area (Å²) in [4.78, 5) is 26.3. The third-order valence-corrected chi connectivity index (χ3v) is 5.54. The highest BCUT2D eigenvalue weighted by molar-refractivity contribution is 6.16. The summed E-state index contributed by atoms with van der Waals surface area (Å²) in [6.45, 7) is 3.89. The van der Waals surface area contributed by atoms with E-state index in [0.29, 0.717) is 35.8 Å². The van der Waals surface area contributed by atoms with Gasteiger partial charge in [-0.05, 0) is 69.3 Å². The van der Waals surface area contributed by atoms with Crippen LogP contribution in [0.2, 0.25) is 0 Å². The maximum absolute atomic E-state index is 13.4. The van der Waals surface area contributed by atoms with Crippen LogP contribution in [0, 0.1) is 11.3 Å². The number of Topliss-reactive ketones (excluding diaryl/α,β-unsaturated/α-hetero) is 1. The van der Waals surface area contributed by atoms with Crippen molar-refractivity contribution in [2.45, 2.75) is 32.6 Å². The molecule has 0 saturated carbocycles. The maximum Gasteiger partial charge on any atom is 0.320 e. The van der Waals surface area contributed by atoms with Crippen molar-refractivity contribution in [3.05, 3.63) is 23.3 Å². The Hall–Kier alpha value is -2.08. The summed E-state index contributed by atoms with van der Waals surface area (Å²) in [5.41, 5.74) is 0.247. The molecule has 1 unspecified atom stereocenters. The van der Waals surface area contributed by atoms with E-state index >= 15 is 0 Å². The van der Waals surface area contributed by atoms with Crippen LogP contribution in [0.5, 0.6) is 11.5 Å². The van der Waals surface area contributed by atoms with Crippen LogP contribution in [0.25, 0.3) is 0 Å². The van der Waals surface area contributed by atoms with E-state index in [1.165, 1.54) is 7.11 Å². The lowest BCUT2D eigenvalue weighted by molar-refractivity contribution is -0.153. The van der Waals surface area contributed by atoms with Crippen molar-refractivity contribution in [1.29, 1.82) is 0 Å². The van der Waals surface area contributed by atoms with Gasteiger partial charge in [0.15, 0.2) is 17.3 Å². The van der Waals surface area contributed by atoms with Gasteiger partial charge >= 0.3 is 5.97 Å². The van der Waals surface area contributed by atoms with E-state index in [0.717, 1.165) is 31.5 Å². The number of carbonyl (C=O) groups excluding carboxylic acids is 2. The van der Waals surface area contributed by atoms with Crippen LogP contribution in [0.1, 0.15) is 42.1 Å².